The van der Waals surface area contributed by atoms with Gasteiger partial charge in [0.2, 0.25) is 5.91 Å². The van der Waals surface area contributed by atoms with Crippen LogP contribution in [0.1, 0.15) is 32.1 Å². The molecule has 33 heavy (non-hydrogen) atoms. The number of aryl methyl sites for hydroxylation is 1. The minimum absolute atomic E-state index is 0.0455. The highest BCUT2D eigenvalue weighted by molar-refractivity contribution is 7.92. The van der Waals surface area contributed by atoms with E-state index in [1.54, 1.807) is 6.92 Å². The summed E-state index contributed by atoms with van der Waals surface area (Å²) in [6.07, 6.45) is -0.957. The number of aliphatic hydroxyl groups excluding tert-OH is 1. The van der Waals surface area contributed by atoms with Crippen molar-refractivity contribution in [3.63, 3.8) is 0 Å². The Balaban J connectivity index is 1.68. The number of nitrogens with one attached hydrogen (secondary N) is 2. The molecule has 1 saturated heterocycles. The number of amides is 1. The van der Waals surface area contributed by atoms with Gasteiger partial charge in [0.15, 0.2) is 9.84 Å². The quantitative estimate of drug-likeness (QED) is 0.494. The normalized spacial score (nSPS) is 21.7. The molecule has 13 heteroatoms. The minimum atomic E-state index is -4.10. The fraction of sp³-hybridized carbons (Fsp3) is 0.450. The first-order valence-electron chi connectivity index (χ1n) is 10.1. The molecule has 1 aliphatic heterocycles. The van der Waals surface area contributed by atoms with Crippen LogP contribution in [0, 0.1) is 0 Å². The van der Waals surface area contributed by atoms with Gasteiger partial charge in [-0.05, 0) is 31.5 Å². The van der Waals surface area contributed by atoms with Crippen molar-refractivity contribution in [3.05, 3.63) is 60.8 Å². The fourth-order valence-electron chi connectivity index (χ4n) is 3.44. The van der Waals surface area contributed by atoms with E-state index in [1.165, 1.54) is 35.9 Å². The number of benzene rings is 1. The van der Waals surface area contributed by atoms with Crippen molar-refractivity contribution in [1.82, 2.24) is 14.9 Å². The van der Waals surface area contributed by atoms with Crippen LogP contribution in [0.5, 0.6) is 0 Å². The lowest BCUT2D eigenvalue weighted by atomic mass is 10.1. The van der Waals surface area contributed by atoms with Crippen LogP contribution in [-0.2, 0) is 25.8 Å². The zero-order valence-corrected chi connectivity index (χ0v) is 20.1. The topological polar surface area (TPSA) is 148 Å². The molecule has 2 aromatic rings. The van der Waals surface area contributed by atoms with Gasteiger partial charge in [0.05, 0.1) is 16.0 Å². The molecule has 1 fully saturated rings. The molecule has 0 saturated carbocycles. The molecule has 4 atom stereocenters. The smallest absolute Gasteiger partial charge is 0.330 e. The molecule has 0 radical (unpaired) electrons. The Labute approximate surface area is 199 Å². The Morgan fingerprint density at radius 2 is 2.06 bits per heavy atom. The average molecular weight is 520 g/mol. The molecule has 1 unspecified atom stereocenters. The largest absolute Gasteiger partial charge is 0.390 e. The Bertz CT molecular complexity index is 1280. The molecular formula is C20H23Cl2N3O7S. The highest BCUT2D eigenvalue weighted by Crippen LogP contribution is 2.29. The van der Waals surface area contributed by atoms with Crippen LogP contribution >= 0.6 is 23.2 Å². The Morgan fingerprint density at radius 3 is 2.70 bits per heavy atom. The summed E-state index contributed by atoms with van der Waals surface area (Å²) in [6, 6.07) is 3.85. The molecule has 10 nitrogen and oxygen atoms in total. The van der Waals surface area contributed by atoms with Gasteiger partial charge in [-0.2, -0.15) is 0 Å². The third kappa shape index (κ3) is 5.33. The summed E-state index contributed by atoms with van der Waals surface area (Å²) >= 11 is 11.8. The van der Waals surface area contributed by atoms with E-state index >= 15 is 0 Å². The summed E-state index contributed by atoms with van der Waals surface area (Å²) in [6.45, 7) is 2.79. The fourth-order valence-corrected chi connectivity index (χ4v) is 5.51. The monoisotopic (exact) mass is 519 g/mol. The number of hydrogen-bond donors (Lipinski definition) is 3. The van der Waals surface area contributed by atoms with Gasteiger partial charge < -0.3 is 15.2 Å². The predicted octanol–water partition coefficient (Wildman–Crippen LogP) is 1.03. The van der Waals surface area contributed by atoms with E-state index in [4.69, 9.17) is 27.9 Å². The van der Waals surface area contributed by atoms with Crippen molar-refractivity contribution in [1.29, 1.82) is 0 Å². The number of aliphatic hydroxyl groups is 1. The maximum atomic E-state index is 12.8. The molecule has 1 amide bonds. The number of sulfone groups is 1. The second-order valence-electron chi connectivity index (χ2n) is 7.61. The first kappa shape index (κ1) is 25.4. The lowest BCUT2D eigenvalue weighted by Crippen LogP contribution is -2.43. The standard InChI is InChI=1S/C20H23Cl2N3O7S/c1-3-11-9-25(20(29)24-19(11)28)17-7-14(26)15(32-17)8-23-18(27)10(2)33(30,31)16-5-4-12(21)6-13(16)22/h4-6,9-10,14-15,17,26H,3,7-8H2,1-2H3,(H,23,27)(H,24,28,29)/t10?,14-,15+,17+/m0/s1. The molecule has 1 aliphatic rings. The maximum Gasteiger partial charge on any atom is 0.330 e. The summed E-state index contributed by atoms with van der Waals surface area (Å²) < 4.78 is 32.5. The Hall–Kier alpha value is -2.18. The molecule has 1 aromatic heterocycles. The summed E-state index contributed by atoms with van der Waals surface area (Å²) in [4.78, 5) is 38.4. The van der Waals surface area contributed by atoms with Gasteiger partial charge in [-0.25, -0.2) is 13.2 Å². The highest BCUT2D eigenvalue weighted by Gasteiger charge is 2.37. The van der Waals surface area contributed by atoms with Crippen LogP contribution < -0.4 is 16.6 Å². The highest BCUT2D eigenvalue weighted by atomic mass is 35.5. The SMILES string of the molecule is CCc1cn([C@H]2C[C@H](O)[C@@H](CNC(=O)C(C)S(=O)(=O)c3ccc(Cl)cc3Cl)O2)c(=O)[nH]c1=O. The van der Waals surface area contributed by atoms with E-state index < -0.39 is 50.7 Å². The van der Waals surface area contributed by atoms with Gasteiger partial charge in [-0.15, -0.1) is 0 Å². The van der Waals surface area contributed by atoms with Crippen LogP contribution in [0.25, 0.3) is 0 Å². The second-order valence-corrected chi connectivity index (χ2v) is 10.7. The Morgan fingerprint density at radius 1 is 1.36 bits per heavy atom. The Kier molecular flexibility index (Phi) is 7.69. The van der Waals surface area contributed by atoms with Crippen LogP contribution in [0.4, 0.5) is 0 Å². The van der Waals surface area contributed by atoms with Crippen molar-refractivity contribution in [3.8, 4) is 0 Å². The van der Waals surface area contributed by atoms with Gasteiger partial charge in [0.1, 0.15) is 17.6 Å². The van der Waals surface area contributed by atoms with Gasteiger partial charge in [-0.1, -0.05) is 30.1 Å². The van der Waals surface area contributed by atoms with Crippen molar-refractivity contribution >= 4 is 38.9 Å². The van der Waals surface area contributed by atoms with Crippen LogP contribution in [0.15, 0.2) is 38.9 Å². The van der Waals surface area contributed by atoms with Crippen LogP contribution in [0.3, 0.4) is 0 Å². The first-order chi connectivity index (χ1) is 15.4. The lowest BCUT2D eigenvalue weighted by molar-refractivity contribution is -0.121. The van der Waals surface area contributed by atoms with Gasteiger partial charge in [0, 0.05) is 29.7 Å². The van der Waals surface area contributed by atoms with Gasteiger partial charge in [0.25, 0.3) is 5.56 Å². The number of aromatic nitrogens is 2. The number of hydrogen-bond acceptors (Lipinski definition) is 7. The molecule has 0 bridgehead atoms. The zero-order valence-electron chi connectivity index (χ0n) is 17.7. The molecule has 3 N–H and O–H groups in total. The van der Waals surface area contributed by atoms with E-state index in [0.29, 0.717) is 12.0 Å². The molecule has 0 spiro atoms. The number of carbonyl (C=O) groups is 1. The third-order valence-electron chi connectivity index (χ3n) is 5.45. The number of rotatable bonds is 7. The number of H-pyrrole nitrogens is 1. The molecular weight excluding hydrogens is 497 g/mol. The first-order valence-corrected chi connectivity index (χ1v) is 12.4. The number of halogens is 2. The number of carbonyl (C=O) groups excluding carboxylic acids is 1. The number of ether oxygens (including phenoxy) is 1. The zero-order chi connectivity index (χ0) is 24.5. The number of nitrogens with zero attached hydrogens (tertiary/aromatic N) is 1. The second kappa shape index (κ2) is 9.98. The van der Waals surface area contributed by atoms with E-state index in [2.05, 4.69) is 10.3 Å². The van der Waals surface area contributed by atoms with E-state index in [0.717, 1.165) is 0 Å². The maximum absolute atomic E-state index is 12.8. The van der Waals surface area contributed by atoms with E-state index in [1.807, 2.05) is 0 Å². The summed E-state index contributed by atoms with van der Waals surface area (Å²) in [7, 11) is -4.10. The van der Waals surface area contributed by atoms with Gasteiger partial charge >= 0.3 is 5.69 Å². The van der Waals surface area contributed by atoms with Gasteiger partial charge in [-0.3, -0.25) is 19.1 Å². The lowest BCUT2D eigenvalue weighted by Gasteiger charge is -2.19. The summed E-state index contributed by atoms with van der Waals surface area (Å²) in [5.74, 6) is -0.810. The molecule has 1 aromatic carbocycles. The molecule has 3 rings (SSSR count). The molecule has 180 valence electrons. The van der Waals surface area contributed by atoms with E-state index in [9.17, 15) is 27.9 Å². The number of aromatic amines is 1. The van der Waals surface area contributed by atoms with Crippen molar-refractivity contribution in [2.75, 3.05) is 6.54 Å². The van der Waals surface area contributed by atoms with Crippen molar-refractivity contribution in [2.24, 2.45) is 0 Å². The van der Waals surface area contributed by atoms with Crippen LogP contribution in [0.2, 0.25) is 10.0 Å². The molecule has 2 heterocycles. The van der Waals surface area contributed by atoms with E-state index in [-0.39, 0.29) is 27.9 Å². The minimum Gasteiger partial charge on any atom is -0.390 e. The predicted molar refractivity (Wildman–Crippen MR) is 121 cm³/mol. The summed E-state index contributed by atoms with van der Waals surface area (Å²) in [5, 5.41) is 11.5. The average Bonchev–Trinajstić information content (AvgIpc) is 3.11. The third-order valence-corrected chi connectivity index (χ3v) is 8.22. The van der Waals surface area contributed by atoms with Crippen molar-refractivity contribution < 1.29 is 23.1 Å². The molecule has 0 aliphatic carbocycles. The van der Waals surface area contributed by atoms with Crippen molar-refractivity contribution in [2.45, 2.75) is 55.3 Å². The summed E-state index contributed by atoms with van der Waals surface area (Å²) in [5.41, 5.74) is -0.792. The van der Waals surface area contributed by atoms with Crippen LogP contribution in [-0.4, -0.2) is 53.0 Å².